The predicted octanol–water partition coefficient (Wildman–Crippen LogP) is 5.03. The van der Waals surface area contributed by atoms with Gasteiger partial charge in [-0.2, -0.15) is 0 Å². The number of carbonyl (C=O) groups is 1. The van der Waals surface area contributed by atoms with Crippen molar-refractivity contribution in [1.82, 2.24) is 0 Å². The Labute approximate surface area is 132 Å². The van der Waals surface area contributed by atoms with Crippen molar-refractivity contribution in [1.29, 1.82) is 0 Å². The fourth-order valence-corrected chi connectivity index (χ4v) is 2.81. The number of hydrogen-bond donors (Lipinski definition) is 1. The molecule has 0 atom stereocenters. The third-order valence-corrected chi connectivity index (χ3v) is 4.40. The second-order valence-corrected chi connectivity index (χ2v) is 6.09. The summed E-state index contributed by atoms with van der Waals surface area (Å²) in [6, 6.07) is 12.9. The molecule has 0 aliphatic rings. The molecular weight excluding hydrogens is 313 g/mol. The Kier molecular flexibility index (Phi) is 5.35. The van der Waals surface area contributed by atoms with E-state index < -0.39 is 0 Å². The van der Waals surface area contributed by atoms with E-state index in [2.05, 4.69) is 5.32 Å². The molecule has 0 saturated carbocycles. The number of nitrogens with one attached hydrogen (secondary N) is 1. The van der Waals surface area contributed by atoms with E-state index in [1.165, 1.54) is 11.8 Å². The summed E-state index contributed by atoms with van der Waals surface area (Å²) in [7, 11) is 0. The molecule has 1 N–H and O–H groups in total. The number of rotatable bonds is 4. The zero-order valence-electron chi connectivity index (χ0n) is 10.8. The van der Waals surface area contributed by atoms with E-state index in [-0.39, 0.29) is 5.91 Å². The van der Waals surface area contributed by atoms with Crippen molar-refractivity contribution in [2.24, 2.45) is 0 Å². The van der Waals surface area contributed by atoms with E-state index in [4.69, 9.17) is 23.2 Å². The van der Waals surface area contributed by atoms with Crippen LogP contribution < -0.4 is 5.32 Å². The molecule has 0 heterocycles. The summed E-state index contributed by atoms with van der Waals surface area (Å²) < 4.78 is 0. The van der Waals surface area contributed by atoms with Gasteiger partial charge in [0, 0.05) is 9.92 Å². The van der Waals surface area contributed by atoms with Crippen LogP contribution in [-0.4, -0.2) is 11.7 Å². The Bertz CT molecular complexity index is 631. The molecule has 1 amide bonds. The van der Waals surface area contributed by atoms with Gasteiger partial charge in [0.25, 0.3) is 0 Å². The molecule has 0 radical (unpaired) electrons. The minimum absolute atomic E-state index is 0.109. The molecule has 2 rings (SSSR count). The van der Waals surface area contributed by atoms with Crippen molar-refractivity contribution in [3.63, 3.8) is 0 Å². The molecule has 0 fully saturated rings. The third-order valence-electron chi connectivity index (χ3n) is 2.65. The van der Waals surface area contributed by atoms with Crippen molar-refractivity contribution < 1.29 is 4.79 Å². The van der Waals surface area contributed by atoms with Gasteiger partial charge in [-0.1, -0.05) is 41.4 Å². The average molecular weight is 326 g/mol. The Balaban J connectivity index is 1.96. The van der Waals surface area contributed by atoms with Crippen LogP contribution in [0.1, 0.15) is 5.56 Å². The summed E-state index contributed by atoms with van der Waals surface area (Å²) in [6.45, 7) is 2.02. The number of aryl methyl sites for hydroxylation is 1. The maximum absolute atomic E-state index is 11.9. The highest BCUT2D eigenvalue weighted by Gasteiger charge is 2.08. The number of halogens is 2. The predicted molar refractivity (Wildman–Crippen MR) is 87.0 cm³/mol. The molecule has 0 saturated heterocycles. The van der Waals surface area contributed by atoms with E-state index in [1.54, 1.807) is 18.2 Å². The quantitative estimate of drug-likeness (QED) is 0.798. The second-order valence-electron chi connectivity index (χ2n) is 4.23. The topological polar surface area (TPSA) is 29.1 Å². The van der Waals surface area contributed by atoms with Crippen molar-refractivity contribution >= 4 is 46.6 Å². The van der Waals surface area contributed by atoms with Crippen molar-refractivity contribution in [2.45, 2.75) is 11.8 Å². The third kappa shape index (κ3) is 4.17. The first-order chi connectivity index (χ1) is 9.56. The molecular formula is C15H13Cl2NOS. The molecule has 2 aromatic rings. The number of hydrogen-bond acceptors (Lipinski definition) is 2. The number of thioether (sulfide) groups is 1. The Morgan fingerprint density at radius 2 is 1.95 bits per heavy atom. The van der Waals surface area contributed by atoms with Gasteiger partial charge in [-0.25, -0.2) is 0 Å². The summed E-state index contributed by atoms with van der Waals surface area (Å²) in [5.41, 5.74) is 1.70. The lowest BCUT2D eigenvalue weighted by Crippen LogP contribution is -2.14. The van der Waals surface area contributed by atoms with Gasteiger partial charge in [-0.05, 0) is 36.8 Å². The van der Waals surface area contributed by atoms with E-state index in [0.717, 1.165) is 10.5 Å². The molecule has 5 heteroatoms. The fourth-order valence-electron chi connectivity index (χ4n) is 1.64. The summed E-state index contributed by atoms with van der Waals surface area (Å²) in [5.74, 6) is 0.218. The monoisotopic (exact) mass is 325 g/mol. The summed E-state index contributed by atoms with van der Waals surface area (Å²) in [6.07, 6.45) is 0. The molecule has 0 aliphatic heterocycles. The number of amides is 1. The van der Waals surface area contributed by atoms with Crippen LogP contribution in [0.4, 0.5) is 5.69 Å². The first-order valence-electron chi connectivity index (χ1n) is 5.99. The average Bonchev–Trinajstić information content (AvgIpc) is 2.42. The lowest BCUT2D eigenvalue weighted by Gasteiger charge is -2.08. The molecule has 0 unspecified atom stereocenters. The van der Waals surface area contributed by atoms with E-state index in [0.29, 0.717) is 21.5 Å². The highest BCUT2D eigenvalue weighted by atomic mass is 35.5. The lowest BCUT2D eigenvalue weighted by atomic mass is 10.2. The van der Waals surface area contributed by atoms with Gasteiger partial charge in [0.2, 0.25) is 5.91 Å². The molecule has 0 spiro atoms. The standard InChI is InChI=1S/C15H13Cl2NOS/c1-10-4-2-3-5-14(10)20-9-15(19)18-13-8-11(16)6-7-12(13)17/h2-8H,9H2,1H3,(H,18,19). The molecule has 2 aromatic carbocycles. The molecule has 0 aliphatic carbocycles. The maximum atomic E-state index is 11.9. The van der Waals surface area contributed by atoms with Crippen LogP contribution >= 0.6 is 35.0 Å². The van der Waals surface area contributed by atoms with Crippen LogP contribution in [0.25, 0.3) is 0 Å². The number of benzene rings is 2. The summed E-state index contributed by atoms with van der Waals surface area (Å²) in [5, 5.41) is 3.78. The van der Waals surface area contributed by atoms with Crippen LogP contribution in [-0.2, 0) is 4.79 Å². The van der Waals surface area contributed by atoms with Crippen LogP contribution in [0.5, 0.6) is 0 Å². The Morgan fingerprint density at radius 3 is 2.70 bits per heavy atom. The first-order valence-corrected chi connectivity index (χ1v) is 7.74. The van der Waals surface area contributed by atoms with Gasteiger partial charge in [0.1, 0.15) is 0 Å². The second kappa shape index (κ2) is 7.02. The SMILES string of the molecule is Cc1ccccc1SCC(=O)Nc1cc(Cl)ccc1Cl. The minimum Gasteiger partial charge on any atom is -0.324 e. The highest BCUT2D eigenvalue weighted by Crippen LogP contribution is 2.26. The van der Waals surface area contributed by atoms with Gasteiger partial charge in [-0.15, -0.1) is 11.8 Å². The smallest absolute Gasteiger partial charge is 0.234 e. The van der Waals surface area contributed by atoms with E-state index in [9.17, 15) is 4.79 Å². The zero-order valence-corrected chi connectivity index (χ0v) is 13.1. The van der Waals surface area contributed by atoms with Gasteiger partial charge in [0.05, 0.1) is 16.5 Å². The van der Waals surface area contributed by atoms with Gasteiger partial charge >= 0.3 is 0 Å². The van der Waals surface area contributed by atoms with Gasteiger partial charge < -0.3 is 5.32 Å². The van der Waals surface area contributed by atoms with Crippen molar-refractivity contribution in [3.05, 3.63) is 58.1 Å². The van der Waals surface area contributed by atoms with Gasteiger partial charge in [-0.3, -0.25) is 4.79 Å². The minimum atomic E-state index is -0.109. The first kappa shape index (κ1) is 15.2. The molecule has 104 valence electrons. The Hall–Kier alpha value is -1.16. The van der Waals surface area contributed by atoms with Crippen LogP contribution in [0.2, 0.25) is 10.0 Å². The Morgan fingerprint density at radius 1 is 1.20 bits per heavy atom. The highest BCUT2D eigenvalue weighted by molar-refractivity contribution is 8.00. The molecule has 2 nitrogen and oxygen atoms in total. The molecule has 0 aromatic heterocycles. The lowest BCUT2D eigenvalue weighted by molar-refractivity contribution is -0.113. The summed E-state index contributed by atoms with van der Waals surface area (Å²) in [4.78, 5) is 13.0. The number of anilines is 1. The van der Waals surface area contributed by atoms with Gasteiger partial charge in [0.15, 0.2) is 0 Å². The molecule has 20 heavy (non-hydrogen) atoms. The fraction of sp³-hybridized carbons (Fsp3) is 0.133. The number of carbonyl (C=O) groups excluding carboxylic acids is 1. The van der Waals surface area contributed by atoms with Crippen LogP contribution in [0.3, 0.4) is 0 Å². The maximum Gasteiger partial charge on any atom is 0.234 e. The van der Waals surface area contributed by atoms with Crippen LogP contribution in [0, 0.1) is 6.92 Å². The van der Waals surface area contributed by atoms with Crippen molar-refractivity contribution in [3.8, 4) is 0 Å². The zero-order chi connectivity index (χ0) is 14.5. The van der Waals surface area contributed by atoms with E-state index >= 15 is 0 Å². The van der Waals surface area contributed by atoms with Crippen LogP contribution in [0.15, 0.2) is 47.4 Å². The summed E-state index contributed by atoms with van der Waals surface area (Å²) >= 11 is 13.4. The molecule has 0 bridgehead atoms. The van der Waals surface area contributed by atoms with E-state index in [1.807, 2.05) is 31.2 Å². The largest absolute Gasteiger partial charge is 0.324 e. The van der Waals surface area contributed by atoms with Crippen molar-refractivity contribution in [2.75, 3.05) is 11.1 Å². The normalized spacial score (nSPS) is 10.3.